The Balaban J connectivity index is 2.71. The first kappa shape index (κ1) is 15.7. The van der Waals surface area contributed by atoms with Gasteiger partial charge in [0, 0.05) is 15.6 Å². The van der Waals surface area contributed by atoms with E-state index in [2.05, 4.69) is 0 Å². The number of carboxylic acid groups (broad SMARTS) is 1. The zero-order chi connectivity index (χ0) is 15.8. The van der Waals surface area contributed by atoms with Crippen molar-refractivity contribution in [1.29, 1.82) is 0 Å². The number of aromatic carboxylic acids is 1. The largest absolute Gasteiger partial charge is 0.478 e. The van der Waals surface area contributed by atoms with E-state index in [1.807, 2.05) is 0 Å². The number of halogens is 5. The fourth-order valence-corrected chi connectivity index (χ4v) is 2.19. The van der Waals surface area contributed by atoms with Crippen LogP contribution in [0.3, 0.4) is 0 Å². The van der Waals surface area contributed by atoms with Gasteiger partial charge in [0.15, 0.2) is 0 Å². The number of benzene rings is 2. The number of rotatable bonds is 2. The van der Waals surface area contributed by atoms with Gasteiger partial charge in [-0.3, -0.25) is 0 Å². The van der Waals surface area contributed by atoms with Crippen molar-refractivity contribution in [1.82, 2.24) is 0 Å². The standard InChI is InChI=1S/C14H7Cl2F3O2/c15-10-1-2-12(16)11(6-10)7-3-8(13(20)21)5-9(4-7)14(17,18)19/h1-6H,(H,20,21). The lowest BCUT2D eigenvalue weighted by atomic mass is 9.99. The lowest BCUT2D eigenvalue weighted by Gasteiger charge is -2.12. The van der Waals surface area contributed by atoms with E-state index in [1.54, 1.807) is 0 Å². The van der Waals surface area contributed by atoms with Crippen LogP contribution < -0.4 is 0 Å². The van der Waals surface area contributed by atoms with Gasteiger partial charge in [0.25, 0.3) is 0 Å². The van der Waals surface area contributed by atoms with Crippen molar-refractivity contribution in [3.05, 3.63) is 57.6 Å². The topological polar surface area (TPSA) is 37.3 Å². The Labute approximate surface area is 127 Å². The van der Waals surface area contributed by atoms with Crippen molar-refractivity contribution >= 4 is 29.2 Å². The van der Waals surface area contributed by atoms with Crippen LogP contribution in [-0.2, 0) is 6.18 Å². The Morgan fingerprint density at radius 1 is 1.05 bits per heavy atom. The van der Waals surface area contributed by atoms with E-state index in [9.17, 15) is 18.0 Å². The van der Waals surface area contributed by atoms with Crippen LogP contribution in [0.5, 0.6) is 0 Å². The van der Waals surface area contributed by atoms with Crippen LogP contribution in [0, 0.1) is 0 Å². The molecule has 0 aliphatic rings. The summed E-state index contributed by atoms with van der Waals surface area (Å²) in [5, 5.41) is 9.40. The highest BCUT2D eigenvalue weighted by Gasteiger charge is 2.32. The summed E-state index contributed by atoms with van der Waals surface area (Å²) in [7, 11) is 0. The van der Waals surface area contributed by atoms with Crippen molar-refractivity contribution in [3.63, 3.8) is 0 Å². The minimum absolute atomic E-state index is 0.0368. The predicted molar refractivity (Wildman–Crippen MR) is 73.9 cm³/mol. The number of hydrogen-bond acceptors (Lipinski definition) is 1. The van der Waals surface area contributed by atoms with Crippen molar-refractivity contribution in [3.8, 4) is 11.1 Å². The summed E-state index contributed by atoms with van der Waals surface area (Å²) in [5.74, 6) is -1.46. The molecule has 21 heavy (non-hydrogen) atoms. The summed E-state index contributed by atoms with van der Waals surface area (Å²) >= 11 is 11.7. The van der Waals surface area contributed by atoms with Gasteiger partial charge in [0.05, 0.1) is 11.1 Å². The van der Waals surface area contributed by atoms with E-state index < -0.39 is 23.3 Å². The highest BCUT2D eigenvalue weighted by Crippen LogP contribution is 2.36. The SMILES string of the molecule is O=C(O)c1cc(-c2cc(Cl)ccc2Cl)cc(C(F)(F)F)c1. The van der Waals surface area contributed by atoms with Gasteiger partial charge in [-0.05, 0) is 42.0 Å². The van der Waals surface area contributed by atoms with E-state index >= 15 is 0 Å². The molecule has 0 aromatic heterocycles. The van der Waals surface area contributed by atoms with Gasteiger partial charge in [-0.25, -0.2) is 4.79 Å². The zero-order valence-electron chi connectivity index (χ0n) is 10.2. The van der Waals surface area contributed by atoms with E-state index in [-0.39, 0.29) is 21.2 Å². The minimum Gasteiger partial charge on any atom is -0.478 e. The van der Waals surface area contributed by atoms with Gasteiger partial charge >= 0.3 is 12.1 Å². The van der Waals surface area contributed by atoms with Gasteiger partial charge in [-0.15, -0.1) is 0 Å². The smallest absolute Gasteiger partial charge is 0.416 e. The molecule has 2 rings (SSSR count). The summed E-state index contributed by atoms with van der Waals surface area (Å²) in [6.07, 6.45) is -4.66. The molecule has 110 valence electrons. The van der Waals surface area contributed by atoms with Gasteiger partial charge in [0.2, 0.25) is 0 Å². The van der Waals surface area contributed by atoms with Crippen LogP contribution in [0.25, 0.3) is 11.1 Å². The average molecular weight is 335 g/mol. The molecule has 7 heteroatoms. The predicted octanol–water partition coefficient (Wildman–Crippen LogP) is 5.38. The molecule has 0 radical (unpaired) electrons. The van der Waals surface area contributed by atoms with Crippen LogP contribution in [0.4, 0.5) is 13.2 Å². The third-order valence-electron chi connectivity index (χ3n) is 2.75. The van der Waals surface area contributed by atoms with Crippen molar-refractivity contribution in [2.45, 2.75) is 6.18 Å². The first-order valence-electron chi connectivity index (χ1n) is 5.59. The normalized spacial score (nSPS) is 11.5. The molecule has 0 bridgehead atoms. The molecule has 0 fully saturated rings. The first-order chi connectivity index (χ1) is 9.68. The third-order valence-corrected chi connectivity index (χ3v) is 3.31. The molecule has 0 atom stereocenters. The molecule has 0 amide bonds. The Morgan fingerprint density at radius 2 is 1.71 bits per heavy atom. The Hall–Kier alpha value is -1.72. The molecule has 1 N–H and O–H groups in total. The fraction of sp³-hybridized carbons (Fsp3) is 0.0714. The Kier molecular flexibility index (Phi) is 4.16. The minimum atomic E-state index is -4.66. The number of carbonyl (C=O) groups is 1. The van der Waals surface area contributed by atoms with Gasteiger partial charge in [-0.1, -0.05) is 23.2 Å². The zero-order valence-corrected chi connectivity index (χ0v) is 11.7. The van der Waals surface area contributed by atoms with Crippen LogP contribution >= 0.6 is 23.2 Å². The van der Waals surface area contributed by atoms with Crippen molar-refractivity contribution < 1.29 is 23.1 Å². The van der Waals surface area contributed by atoms with E-state index in [1.165, 1.54) is 18.2 Å². The molecule has 2 nitrogen and oxygen atoms in total. The van der Waals surface area contributed by atoms with E-state index in [0.717, 1.165) is 12.1 Å². The van der Waals surface area contributed by atoms with E-state index in [4.69, 9.17) is 28.3 Å². The second-order valence-corrected chi connectivity index (χ2v) is 5.07. The number of carboxylic acids is 1. The Bertz CT molecular complexity index is 712. The first-order valence-corrected chi connectivity index (χ1v) is 6.35. The molecule has 0 saturated heterocycles. The molecule has 0 aliphatic heterocycles. The maximum absolute atomic E-state index is 12.9. The lowest BCUT2D eigenvalue weighted by Crippen LogP contribution is -2.08. The molecule has 0 heterocycles. The number of alkyl halides is 3. The molecule has 2 aromatic carbocycles. The summed E-state index contributed by atoms with van der Waals surface area (Å²) in [5.41, 5.74) is -1.27. The average Bonchev–Trinajstić information content (AvgIpc) is 2.40. The quantitative estimate of drug-likeness (QED) is 0.800. The maximum atomic E-state index is 12.9. The second-order valence-electron chi connectivity index (χ2n) is 4.23. The summed E-state index contributed by atoms with van der Waals surface area (Å²) < 4.78 is 38.6. The molecule has 0 aliphatic carbocycles. The number of hydrogen-bond donors (Lipinski definition) is 1. The van der Waals surface area contributed by atoms with Crippen molar-refractivity contribution in [2.75, 3.05) is 0 Å². The second kappa shape index (κ2) is 5.58. The monoisotopic (exact) mass is 334 g/mol. The lowest BCUT2D eigenvalue weighted by molar-refractivity contribution is -0.137. The van der Waals surface area contributed by atoms with Crippen LogP contribution in [0.1, 0.15) is 15.9 Å². The molecule has 2 aromatic rings. The highest BCUT2D eigenvalue weighted by molar-refractivity contribution is 6.35. The summed E-state index contributed by atoms with van der Waals surface area (Å²) in [6.45, 7) is 0. The van der Waals surface area contributed by atoms with Crippen LogP contribution in [-0.4, -0.2) is 11.1 Å². The summed E-state index contributed by atoms with van der Waals surface area (Å²) in [4.78, 5) is 11.0. The molecular weight excluding hydrogens is 328 g/mol. The van der Waals surface area contributed by atoms with Crippen LogP contribution in [0.2, 0.25) is 10.0 Å². The molecule has 0 spiro atoms. The molecule has 0 saturated carbocycles. The molecule has 0 unspecified atom stereocenters. The van der Waals surface area contributed by atoms with E-state index in [0.29, 0.717) is 6.07 Å². The highest BCUT2D eigenvalue weighted by atomic mass is 35.5. The van der Waals surface area contributed by atoms with Gasteiger partial charge < -0.3 is 5.11 Å². The van der Waals surface area contributed by atoms with Gasteiger partial charge in [0.1, 0.15) is 0 Å². The fourth-order valence-electron chi connectivity index (χ4n) is 1.79. The van der Waals surface area contributed by atoms with Crippen molar-refractivity contribution in [2.24, 2.45) is 0 Å². The summed E-state index contributed by atoms with van der Waals surface area (Å²) in [6, 6.07) is 6.83. The maximum Gasteiger partial charge on any atom is 0.416 e. The van der Waals surface area contributed by atoms with Crippen LogP contribution in [0.15, 0.2) is 36.4 Å². The molecular formula is C14H7Cl2F3O2. The Morgan fingerprint density at radius 3 is 2.29 bits per heavy atom. The van der Waals surface area contributed by atoms with Gasteiger partial charge in [-0.2, -0.15) is 13.2 Å². The third kappa shape index (κ3) is 3.49.